The van der Waals surface area contributed by atoms with E-state index in [-0.39, 0.29) is 11.1 Å². The minimum atomic E-state index is -1.27. The lowest BCUT2D eigenvalue weighted by Crippen LogP contribution is -2.20. The maximum absolute atomic E-state index is 14.0. The number of halogens is 4. The monoisotopic (exact) mass is 283 g/mol. The van der Waals surface area contributed by atoms with E-state index < -0.39 is 29.3 Å². The minimum Gasteiger partial charge on any atom is -0.309 e. The van der Waals surface area contributed by atoms with E-state index >= 15 is 0 Å². The van der Waals surface area contributed by atoms with Crippen molar-refractivity contribution in [1.82, 2.24) is 5.32 Å². The second-order valence-corrected chi connectivity index (χ2v) is 4.53. The van der Waals surface area contributed by atoms with Crippen molar-refractivity contribution in [2.24, 2.45) is 0 Å². The molecule has 1 nitrogen and oxygen atoms in total. The molecule has 106 valence electrons. The van der Waals surface area contributed by atoms with Gasteiger partial charge in [0.05, 0.1) is 6.04 Å². The van der Waals surface area contributed by atoms with Gasteiger partial charge in [-0.05, 0) is 31.7 Å². The second kappa shape index (κ2) is 5.63. The Bertz CT molecular complexity index is 640. The molecule has 5 heteroatoms. The Kier molecular flexibility index (Phi) is 4.09. The largest absolute Gasteiger partial charge is 0.309 e. The van der Waals surface area contributed by atoms with Crippen LogP contribution < -0.4 is 5.32 Å². The van der Waals surface area contributed by atoms with Crippen LogP contribution in [0.25, 0.3) is 0 Å². The number of benzene rings is 2. The summed E-state index contributed by atoms with van der Waals surface area (Å²) in [5.41, 5.74) is 0.740. The van der Waals surface area contributed by atoms with Crippen LogP contribution in [-0.2, 0) is 0 Å². The van der Waals surface area contributed by atoms with Gasteiger partial charge in [-0.1, -0.05) is 12.1 Å². The van der Waals surface area contributed by atoms with Gasteiger partial charge >= 0.3 is 0 Å². The molecular formula is C15H13F4N. The van der Waals surface area contributed by atoms with Gasteiger partial charge in [0, 0.05) is 17.2 Å². The number of nitrogens with one attached hydrogen (secondary N) is 1. The summed E-state index contributed by atoms with van der Waals surface area (Å²) in [7, 11) is 1.49. The highest BCUT2D eigenvalue weighted by Gasteiger charge is 2.21. The van der Waals surface area contributed by atoms with E-state index in [0.29, 0.717) is 11.6 Å². The predicted octanol–water partition coefficient (Wildman–Crippen LogP) is 3.86. The summed E-state index contributed by atoms with van der Waals surface area (Å²) < 4.78 is 54.0. The first-order chi connectivity index (χ1) is 9.43. The Morgan fingerprint density at radius 1 is 0.800 bits per heavy atom. The Morgan fingerprint density at radius 3 is 2.00 bits per heavy atom. The molecule has 20 heavy (non-hydrogen) atoms. The first-order valence-electron chi connectivity index (χ1n) is 6.01. The summed E-state index contributed by atoms with van der Waals surface area (Å²) in [4.78, 5) is 0. The fraction of sp³-hybridized carbons (Fsp3) is 0.200. The van der Waals surface area contributed by atoms with E-state index in [4.69, 9.17) is 0 Å². The molecule has 0 saturated carbocycles. The summed E-state index contributed by atoms with van der Waals surface area (Å²) in [5.74, 6) is -3.91. The molecule has 0 aliphatic carbocycles. The Morgan fingerprint density at radius 2 is 1.40 bits per heavy atom. The summed E-state index contributed by atoms with van der Waals surface area (Å²) in [6.07, 6.45) is 0. The SMILES string of the molecule is CNC(c1ccc(C)cc1F)c1cc(F)c(F)cc1F. The highest BCUT2D eigenvalue weighted by atomic mass is 19.2. The lowest BCUT2D eigenvalue weighted by atomic mass is 9.96. The van der Waals surface area contributed by atoms with Crippen molar-refractivity contribution in [1.29, 1.82) is 0 Å². The highest BCUT2D eigenvalue weighted by Crippen LogP contribution is 2.28. The molecule has 0 bridgehead atoms. The molecule has 0 radical (unpaired) electrons. The highest BCUT2D eigenvalue weighted by molar-refractivity contribution is 5.35. The smallest absolute Gasteiger partial charge is 0.161 e. The van der Waals surface area contributed by atoms with Crippen molar-refractivity contribution in [3.8, 4) is 0 Å². The normalized spacial score (nSPS) is 12.5. The molecule has 0 amide bonds. The minimum absolute atomic E-state index is 0.144. The van der Waals surface area contributed by atoms with Crippen molar-refractivity contribution in [2.45, 2.75) is 13.0 Å². The quantitative estimate of drug-likeness (QED) is 0.666. The van der Waals surface area contributed by atoms with Gasteiger partial charge in [-0.15, -0.1) is 0 Å². The van der Waals surface area contributed by atoms with Gasteiger partial charge in [-0.25, -0.2) is 17.6 Å². The van der Waals surface area contributed by atoms with Gasteiger partial charge in [0.1, 0.15) is 11.6 Å². The first kappa shape index (κ1) is 14.5. The van der Waals surface area contributed by atoms with Crippen molar-refractivity contribution < 1.29 is 17.6 Å². The van der Waals surface area contributed by atoms with Crippen molar-refractivity contribution in [2.75, 3.05) is 7.05 Å². The average molecular weight is 283 g/mol. The maximum Gasteiger partial charge on any atom is 0.161 e. The molecule has 0 saturated heterocycles. The average Bonchev–Trinajstić information content (AvgIpc) is 2.38. The molecule has 1 unspecified atom stereocenters. The third-order valence-electron chi connectivity index (χ3n) is 3.11. The van der Waals surface area contributed by atoms with Crippen LogP contribution in [0.4, 0.5) is 17.6 Å². The number of hydrogen-bond acceptors (Lipinski definition) is 1. The summed E-state index contributed by atoms with van der Waals surface area (Å²) in [6.45, 7) is 1.72. The van der Waals surface area contributed by atoms with Crippen LogP contribution in [0.3, 0.4) is 0 Å². The fourth-order valence-corrected chi connectivity index (χ4v) is 2.10. The molecular weight excluding hydrogens is 270 g/mol. The first-order valence-corrected chi connectivity index (χ1v) is 6.01. The van der Waals surface area contributed by atoms with Crippen LogP contribution in [0.1, 0.15) is 22.7 Å². The van der Waals surface area contributed by atoms with E-state index in [1.54, 1.807) is 13.0 Å². The number of hydrogen-bond donors (Lipinski definition) is 1. The van der Waals surface area contributed by atoms with Crippen LogP contribution >= 0.6 is 0 Å². The Hall–Kier alpha value is -1.88. The summed E-state index contributed by atoms with van der Waals surface area (Å²) in [6, 6.07) is 4.77. The van der Waals surface area contributed by atoms with Crippen molar-refractivity contribution in [3.63, 3.8) is 0 Å². The molecule has 0 aliphatic rings. The van der Waals surface area contributed by atoms with Crippen molar-refractivity contribution in [3.05, 3.63) is 70.3 Å². The molecule has 0 spiro atoms. The second-order valence-electron chi connectivity index (χ2n) is 4.53. The van der Waals surface area contributed by atoms with E-state index in [2.05, 4.69) is 5.32 Å². The van der Waals surface area contributed by atoms with E-state index in [1.165, 1.54) is 19.2 Å². The predicted molar refractivity (Wildman–Crippen MR) is 68.4 cm³/mol. The van der Waals surface area contributed by atoms with Gasteiger partial charge < -0.3 is 5.32 Å². The lowest BCUT2D eigenvalue weighted by Gasteiger charge is -2.19. The van der Waals surface area contributed by atoms with Crippen LogP contribution in [-0.4, -0.2) is 7.05 Å². The molecule has 2 aromatic carbocycles. The van der Waals surface area contributed by atoms with Gasteiger partial charge in [-0.2, -0.15) is 0 Å². The molecule has 1 atom stereocenters. The van der Waals surface area contributed by atoms with Crippen molar-refractivity contribution >= 4 is 0 Å². The third-order valence-corrected chi connectivity index (χ3v) is 3.11. The third kappa shape index (κ3) is 2.67. The summed E-state index contributed by atoms with van der Waals surface area (Å²) >= 11 is 0. The standard InChI is InChI=1S/C15H13F4N/c1-8-3-4-9(11(16)5-8)15(20-2)10-6-13(18)14(19)7-12(10)17/h3-7,15,20H,1-2H3. The molecule has 0 aromatic heterocycles. The number of rotatable bonds is 3. The Balaban J connectivity index is 2.55. The molecule has 0 aliphatic heterocycles. The number of aryl methyl sites for hydroxylation is 1. The van der Waals surface area contributed by atoms with Crippen LogP contribution in [0.2, 0.25) is 0 Å². The van der Waals surface area contributed by atoms with Gasteiger partial charge in [0.25, 0.3) is 0 Å². The molecule has 0 fully saturated rings. The molecule has 2 rings (SSSR count). The van der Waals surface area contributed by atoms with Gasteiger partial charge in [0.2, 0.25) is 0 Å². The van der Waals surface area contributed by atoms with Crippen LogP contribution in [0, 0.1) is 30.2 Å². The lowest BCUT2D eigenvalue weighted by molar-refractivity contribution is 0.481. The maximum atomic E-state index is 14.0. The van der Waals surface area contributed by atoms with Gasteiger partial charge in [0.15, 0.2) is 11.6 Å². The topological polar surface area (TPSA) is 12.0 Å². The van der Waals surface area contributed by atoms with Crippen LogP contribution in [0.5, 0.6) is 0 Å². The molecule has 0 heterocycles. The van der Waals surface area contributed by atoms with E-state index in [0.717, 1.165) is 6.07 Å². The molecule has 1 N–H and O–H groups in total. The van der Waals surface area contributed by atoms with Gasteiger partial charge in [-0.3, -0.25) is 0 Å². The molecule has 2 aromatic rings. The zero-order chi connectivity index (χ0) is 14.9. The fourth-order valence-electron chi connectivity index (χ4n) is 2.10. The zero-order valence-corrected chi connectivity index (χ0v) is 11.0. The Labute approximate surface area is 114 Å². The van der Waals surface area contributed by atoms with E-state index in [1.807, 2.05) is 0 Å². The zero-order valence-electron chi connectivity index (χ0n) is 11.0. The van der Waals surface area contributed by atoms with Crippen LogP contribution in [0.15, 0.2) is 30.3 Å². The van der Waals surface area contributed by atoms with E-state index in [9.17, 15) is 17.6 Å². The summed E-state index contributed by atoms with van der Waals surface area (Å²) in [5, 5.41) is 2.71.